The number of hydrogen-bond donors (Lipinski definition) is 2. The van der Waals surface area contributed by atoms with Crippen LogP contribution in [0.15, 0.2) is 48.8 Å². The molecule has 0 atom stereocenters. The lowest BCUT2D eigenvalue weighted by atomic mass is 9.75. The summed E-state index contributed by atoms with van der Waals surface area (Å²) >= 11 is 0. The maximum Gasteiger partial charge on any atom is 0.251 e. The summed E-state index contributed by atoms with van der Waals surface area (Å²) in [5.74, 6) is 0.821. The van der Waals surface area contributed by atoms with Crippen LogP contribution >= 0.6 is 0 Å². The van der Waals surface area contributed by atoms with E-state index in [4.69, 9.17) is 14.7 Å². The summed E-state index contributed by atoms with van der Waals surface area (Å²) in [6.07, 6.45) is 9.25. The minimum absolute atomic E-state index is 0.0344. The molecular formula is C41H51N7O3. The van der Waals surface area contributed by atoms with Crippen LogP contribution in [0.2, 0.25) is 0 Å². The maximum atomic E-state index is 14.6. The van der Waals surface area contributed by atoms with Crippen molar-refractivity contribution in [2.75, 3.05) is 36.5 Å². The first-order valence-electron chi connectivity index (χ1n) is 19.0. The van der Waals surface area contributed by atoms with Gasteiger partial charge in [0.05, 0.1) is 23.0 Å². The fraction of sp³-hybridized carbons (Fsp3) is 0.512. The van der Waals surface area contributed by atoms with Crippen molar-refractivity contribution < 1.29 is 14.3 Å². The van der Waals surface area contributed by atoms with E-state index in [2.05, 4.69) is 63.1 Å². The summed E-state index contributed by atoms with van der Waals surface area (Å²) in [5.41, 5.74) is 7.43. The first-order chi connectivity index (χ1) is 24.6. The van der Waals surface area contributed by atoms with Crippen LogP contribution in [0.1, 0.15) is 100 Å². The Morgan fingerprint density at radius 1 is 0.961 bits per heavy atom. The summed E-state index contributed by atoms with van der Waals surface area (Å²) in [6.45, 7) is 13.7. The molecule has 1 saturated carbocycles. The fourth-order valence-corrected chi connectivity index (χ4v) is 8.77. The van der Waals surface area contributed by atoms with Gasteiger partial charge in [-0.05, 0) is 122 Å². The number of carbonyl (C=O) groups excluding carboxylic acids is 2. The second-order valence-electron chi connectivity index (χ2n) is 15.7. The molecule has 51 heavy (non-hydrogen) atoms. The van der Waals surface area contributed by atoms with Crippen molar-refractivity contribution in [2.45, 2.75) is 109 Å². The molecule has 4 aromatic rings. The van der Waals surface area contributed by atoms with E-state index in [0.717, 1.165) is 70.5 Å². The molecule has 3 fully saturated rings. The SMILES string of the molecule is Cc1ccc(Nc2nc(-c3ccc4c(c3)N([C@H]3C[C@@H](N5CCCCC5)C3)C(=O)C43CCOCC3)cc3ncn(C(C)C)c23)cc1C(=O)NC(C)C. The second-order valence-corrected chi connectivity index (χ2v) is 15.7. The topological polar surface area (TPSA) is 105 Å². The van der Waals surface area contributed by atoms with E-state index in [1.165, 1.54) is 32.4 Å². The standard InChI is InChI=1S/C41H51N7O3/c1-25(2)43-39(49)32-20-29(11-9-27(32)5)44-38-37-35(42-24-47(37)26(3)4)23-34(45-38)28-10-12-33-36(19-28)48(40(50)41(33)13-17-51-18-14-41)31-21-30(22-31)46-15-7-6-8-16-46/h9-12,19-20,23-26,30-31H,6-8,13-18,21-22H2,1-5H3,(H,43,49)(H,44,45)/t30-,31+. The van der Waals surface area contributed by atoms with E-state index < -0.39 is 5.41 Å². The van der Waals surface area contributed by atoms with Crippen LogP contribution in [0.4, 0.5) is 17.2 Å². The number of aromatic nitrogens is 3. The molecular weight excluding hydrogens is 638 g/mol. The minimum Gasteiger partial charge on any atom is -0.381 e. The highest BCUT2D eigenvalue weighted by atomic mass is 16.5. The maximum absolute atomic E-state index is 14.6. The molecule has 1 spiro atoms. The van der Waals surface area contributed by atoms with Crippen molar-refractivity contribution in [3.63, 3.8) is 0 Å². The lowest BCUT2D eigenvalue weighted by molar-refractivity contribution is -0.127. The number of pyridine rings is 1. The number of rotatable bonds is 8. The van der Waals surface area contributed by atoms with Crippen molar-refractivity contribution >= 4 is 40.0 Å². The van der Waals surface area contributed by atoms with E-state index in [-0.39, 0.29) is 29.9 Å². The number of anilines is 3. The highest BCUT2D eigenvalue weighted by Crippen LogP contribution is 2.52. The number of nitrogens with zero attached hydrogens (tertiary/aromatic N) is 5. The molecule has 2 saturated heterocycles. The third kappa shape index (κ3) is 6.00. The smallest absolute Gasteiger partial charge is 0.251 e. The highest BCUT2D eigenvalue weighted by molar-refractivity contribution is 6.09. The van der Waals surface area contributed by atoms with Crippen LogP contribution in [0.3, 0.4) is 0 Å². The van der Waals surface area contributed by atoms with Gasteiger partial charge in [-0.2, -0.15) is 0 Å². The van der Waals surface area contributed by atoms with E-state index in [9.17, 15) is 9.59 Å². The van der Waals surface area contributed by atoms with Crippen molar-refractivity contribution in [2.24, 2.45) is 0 Å². The van der Waals surface area contributed by atoms with Gasteiger partial charge in [-0.15, -0.1) is 0 Å². The van der Waals surface area contributed by atoms with Gasteiger partial charge < -0.3 is 29.7 Å². The lowest BCUT2D eigenvalue weighted by Crippen LogP contribution is -2.57. The Morgan fingerprint density at radius 3 is 2.45 bits per heavy atom. The van der Waals surface area contributed by atoms with Gasteiger partial charge in [0, 0.05) is 59.9 Å². The number of carbonyl (C=O) groups is 2. The third-order valence-electron chi connectivity index (χ3n) is 11.7. The number of hydrogen-bond acceptors (Lipinski definition) is 7. The Bertz CT molecular complexity index is 1970. The second kappa shape index (κ2) is 13.4. The lowest BCUT2D eigenvalue weighted by Gasteiger charge is -2.48. The molecule has 0 radical (unpaired) electrons. The molecule has 2 N–H and O–H groups in total. The van der Waals surface area contributed by atoms with E-state index in [1.54, 1.807) is 0 Å². The average molecular weight is 690 g/mol. The summed E-state index contributed by atoms with van der Waals surface area (Å²) < 4.78 is 7.91. The van der Waals surface area contributed by atoms with Crippen molar-refractivity contribution in [1.82, 2.24) is 24.8 Å². The number of benzene rings is 2. The van der Waals surface area contributed by atoms with Gasteiger partial charge in [0.15, 0.2) is 5.82 Å². The van der Waals surface area contributed by atoms with Crippen LogP contribution in [0.25, 0.3) is 22.3 Å². The molecule has 10 heteroatoms. The predicted octanol–water partition coefficient (Wildman–Crippen LogP) is 7.28. The van der Waals surface area contributed by atoms with Gasteiger partial charge in [0.2, 0.25) is 5.91 Å². The molecule has 4 aliphatic rings. The molecule has 2 aromatic carbocycles. The Hall–Kier alpha value is -4.28. The summed E-state index contributed by atoms with van der Waals surface area (Å²) in [6, 6.07) is 15.4. The van der Waals surface area contributed by atoms with Crippen molar-refractivity contribution in [3.8, 4) is 11.3 Å². The molecule has 5 heterocycles. The Labute approximate surface area is 301 Å². The van der Waals surface area contributed by atoms with E-state index in [1.807, 2.05) is 45.3 Å². The number of imidazole rings is 1. The fourth-order valence-electron chi connectivity index (χ4n) is 8.77. The average Bonchev–Trinajstić information content (AvgIpc) is 3.63. The van der Waals surface area contributed by atoms with Crippen LogP contribution < -0.4 is 15.5 Å². The van der Waals surface area contributed by atoms with E-state index in [0.29, 0.717) is 30.6 Å². The molecule has 0 bridgehead atoms. The molecule has 10 nitrogen and oxygen atoms in total. The van der Waals surface area contributed by atoms with Crippen molar-refractivity contribution in [1.29, 1.82) is 0 Å². The first kappa shape index (κ1) is 33.8. The quantitative estimate of drug-likeness (QED) is 0.200. The largest absolute Gasteiger partial charge is 0.381 e. The summed E-state index contributed by atoms with van der Waals surface area (Å²) in [7, 11) is 0. The zero-order chi connectivity index (χ0) is 35.4. The number of ether oxygens (including phenoxy) is 1. The highest BCUT2D eigenvalue weighted by Gasteiger charge is 2.55. The van der Waals surface area contributed by atoms with Crippen LogP contribution in [0, 0.1) is 6.92 Å². The molecule has 268 valence electrons. The van der Waals surface area contributed by atoms with Crippen LogP contribution in [0.5, 0.6) is 0 Å². The Morgan fingerprint density at radius 2 is 1.73 bits per heavy atom. The van der Waals surface area contributed by atoms with Crippen molar-refractivity contribution in [3.05, 3.63) is 65.5 Å². The number of nitrogens with one attached hydrogen (secondary N) is 2. The van der Waals surface area contributed by atoms with Gasteiger partial charge in [-0.1, -0.05) is 24.6 Å². The number of fused-ring (bicyclic) bond motifs is 3. The molecule has 8 rings (SSSR count). The third-order valence-corrected chi connectivity index (χ3v) is 11.7. The molecule has 2 aromatic heterocycles. The minimum atomic E-state index is -0.520. The van der Waals surface area contributed by atoms with Gasteiger partial charge in [0.1, 0.15) is 5.52 Å². The molecule has 0 unspecified atom stereocenters. The van der Waals surface area contributed by atoms with E-state index >= 15 is 0 Å². The van der Waals surface area contributed by atoms with Gasteiger partial charge in [0.25, 0.3) is 5.91 Å². The van der Waals surface area contributed by atoms with Gasteiger partial charge >= 0.3 is 0 Å². The monoisotopic (exact) mass is 689 g/mol. The normalized spacial score (nSPS) is 21.8. The molecule has 1 aliphatic carbocycles. The first-order valence-corrected chi connectivity index (χ1v) is 19.0. The number of aryl methyl sites for hydroxylation is 1. The summed E-state index contributed by atoms with van der Waals surface area (Å²) in [5, 5.41) is 6.59. The molecule has 3 aliphatic heterocycles. The number of amides is 2. The Kier molecular flexibility index (Phi) is 8.87. The Balaban J connectivity index is 1.18. The summed E-state index contributed by atoms with van der Waals surface area (Å²) in [4.78, 5) is 42.5. The van der Waals surface area contributed by atoms with Crippen LogP contribution in [-0.4, -0.2) is 75.7 Å². The van der Waals surface area contributed by atoms with Gasteiger partial charge in [-0.3, -0.25) is 9.59 Å². The van der Waals surface area contributed by atoms with Crippen LogP contribution in [-0.2, 0) is 14.9 Å². The number of likely N-dealkylation sites (tertiary alicyclic amines) is 1. The number of piperidine rings is 1. The molecule has 2 amide bonds. The van der Waals surface area contributed by atoms with Gasteiger partial charge in [-0.25, -0.2) is 9.97 Å². The zero-order valence-electron chi connectivity index (χ0n) is 30.7. The zero-order valence-corrected chi connectivity index (χ0v) is 30.7. The predicted molar refractivity (Wildman–Crippen MR) is 202 cm³/mol.